The average Bonchev–Trinajstić information content (AvgIpc) is 3.60. The summed E-state index contributed by atoms with van der Waals surface area (Å²) >= 11 is 1.50. The summed E-state index contributed by atoms with van der Waals surface area (Å²) in [6.07, 6.45) is 2.83. The highest BCUT2D eigenvalue weighted by atomic mass is 32.2. The standard InChI is InChI=1S/C41H42N2O7S/c44-26-28-20-22-29(23-21-28)35-25-34(27-51-41-43-38(30-12-5-3-6-13-30)39(50-41)31-14-7-4-8-15-31)48-40(49-35)32-16-11-17-33(24-32)42-36(45)18-9-1-2-10-19-37(46)47/h3-8,11-17,20-24,34-35,40,44H,1-2,9-10,18-19,25-27H2,(H,42,45)(H,46,47). The third kappa shape index (κ3) is 10.2. The molecule has 0 radical (unpaired) electrons. The number of carbonyl (C=O) groups excluding carboxylic acids is 1. The maximum absolute atomic E-state index is 12.7. The molecule has 4 aromatic carbocycles. The van der Waals surface area contributed by atoms with Crippen molar-refractivity contribution in [2.24, 2.45) is 0 Å². The second-order valence-corrected chi connectivity index (χ2v) is 13.5. The quantitative estimate of drug-likeness (QED) is 0.0679. The van der Waals surface area contributed by atoms with Gasteiger partial charge in [-0.15, -0.1) is 0 Å². The van der Waals surface area contributed by atoms with Crippen LogP contribution in [0.4, 0.5) is 5.69 Å². The molecular formula is C41H42N2O7S. The summed E-state index contributed by atoms with van der Waals surface area (Å²) in [6.45, 7) is -0.0356. The molecule has 9 nitrogen and oxygen atoms in total. The van der Waals surface area contributed by atoms with Crippen LogP contribution in [-0.4, -0.2) is 38.9 Å². The van der Waals surface area contributed by atoms with Gasteiger partial charge in [-0.1, -0.05) is 122 Å². The van der Waals surface area contributed by atoms with Crippen molar-refractivity contribution in [3.05, 3.63) is 126 Å². The molecule has 1 saturated heterocycles. The van der Waals surface area contributed by atoms with Gasteiger partial charge in [-0.25, -0.2) is 4.98 Å². The molecule has 6 rings (SSSR count). The molecule has 1 amide bonds. The van der Waals surface area contributed by atoms with E-state index in [0.29, 0.717) is 48.1 Å². The van der Waals surface area contributed by atoms with E-state index in [9.17, 15) is 14.7 Å². The zero-order valence-electron chi connectivity index (χ0n) is 28.3. The molecule has 0 bridgehead atoms. The van der Waals surface area contributed by atoms with Crippen LogP contribution in [0.25, 0.3) is 22.6 Å². The number of ether oxygens (including phenoxy) is 2. The Hall–Kier alpha value is -4.74. The van der Waals surface area contributed by atoms with Crippen LogP contribution in [0.1, 0.15) is 74.0 Å². The number of unbranched alkanes of at least 4 members (excludes halogenated alkanes) is 3. The van der Waals surface area contributed by atoms with Gasteiger partial charge in [0.05, 0.1) is 18.8 Å². The van der Waals surface area contributed by atoms with Crippen LogP contribution in [0.5, 0.6) is 0 Å². The number of nitrogens with zero attached hydrogens (tertiary/aromatic N) is 1. The van der Waals surface area contributed by atoms with Gasteiger partial charge in [0.1, 0.15) is 5.69 Å². The van der Waals surface area contributed by atoms with E-state index in [-0.39, 0.29) is 31.1 Å². The monoisotopic (exact) mass is 706 g/mol. The molecule has 264 valence electrons. The number of amides is 1. The maximum atomic E-state index is 12.7. The highest BCUT2D eigenvalue weighted by molar-refractivity contribution is 7.99. The van der Waals surface area contributed by atoms with Crippen LogP contribution in [-0.2, 0) is 25.7 Å². The molecule has 1 aliphatic heterocycles. The van der Waals surface area contributed by atoms with Crippen molar-refractivity contribution in [2.45, 2.75) is 75.3 Å². The van der Waals surface area contributed by atoms with Crippen LogP contribution in [0.3, 0.4) is 0 Å². The van der Waals surface area contributed by atoms with Crippen LogP contribution >= 0.6 is 11.8 Å². The average molecular weight is 707 g/mol. The Balaban J connectivity index is 1.16. The Morgan fingerprint density at radius 1 is 0.784 bits per heavy atom. The Bertz CT molecular complexity index is 1810. The van der Waals surface area contributed by atoms with E-state index in [4.69, 9.17) is 24.0 Å². The van der Waals surface area contributed by atoms with Crippen molar-refractivity contribution in [3.8, 4) is 22.6 Å². The van der Waals surface area contributed by atoms with Crippen LogP contribution < -0.4 is 5.32 Å². The van der Waals surface area contributed by atoms with Gasteiger partial charge in [-0.2, -0.15) is 0 Å². The van der Waals surface area contributed by atoms with Crippen molar-refractivity contribution >= 4 is 29.3 Å². The molecule has 3 atom stereocenters. The summed E-state index contributed by atoms with van der Waals surface area (Å²) < 4.78 is 19.5. The number of anilines is 1. The lowest BCUT2D eigenvalue weighted by Crippen LogP contribution is -2.31. The number of thioether (sulfide) groups is 1. The van der Waals surface area contributed by atoms with Gasteiger partial charge in [0.2, 0.25) is 5.91 Å². The van der Waals surface area contributed by atoms with E-state index in [0.717, 1.165) is 46.4 Å². The fourth-order valence-corrected chi connectivity index (χ4v) is 6.87. The molecule has 5 aromatic rings. The van der Waals surface area contributed by atoms with Gasteiger partial charge in [-0.05, 0) is 36.1 Å². The maximum Gasteiger partial charge on any atom is 0.303 e. The van der Waals surface area contributed by atoms with E-state index in [1.165, 1.54) is 11.8 Å². The van der Waals surface area contributed by atoms with Gasteiger partial charge < -0.3 is 29.4 Å². The van der Waals surface area contributed by atoms with Crippen LogP contribution in [0, 0.1) is 0 Å². The second-order valence-electron chi connectivity index (χ2n) is 12.5. The van der Waals surface area contributed by atoms with E-state index in [1.54, 1.807) is 0 Å². The summed E-state index contributed by atoms with van der Waals surface area (Å²) in [5.41, 5.74) is 5.95. The number of hydrogen-bond donors (Lipinski definition) is 3. The van der Waals surface area contributed by atoms with Gasteiger partial charge in [0, 0.05) is 47.4 Å². The largest absolute Gasteiger partial charge is 0.481 e. The summed E-state index contributed by atoms with van der Waals surface area (Å²) in [6, 6.07) is 35.3. The van der Waals surface area contributed by atoms with E-state index in [1.807, 2.05) is 109 Å². The number of aliphatic carboxylic acids is 1. The van der Waals surface area contributed by atoms with Gasteiger partial charge in [-0.3, -0.25) is 9.59 Å². The smallest absolute Gasteiger partial charge is 0.303 e. The Morgan fingerprint density at radius 2 is 1.49 bits per heavy atom. The fraction of sp³-hybridized carbons (Fsp3) is 0.293. The highest BCUT2D eigenvalue weighted by Crippen LogP contribution is 2.41. The SMILES string of the molecule is O=C(O)CCCCCCC(=O)Nc1cccc(C2OC(CSc3nc(-c4ccccc4)c(-c4ccccc4)o3)CC(c3ccc(CO)cc3)O2)c1. The summed E-state index contributed by atoms with van der Waals surface area (Å²) in [7, 11) is 0. The molecule has 51 heavy (non-hydrogen) atoms. The number of hydrogen-bond acceptors (Lipinski definition) is 8. The van der Waals surface area contributed by atoms with Gasteiger partial charge in [0.15, 0.2) is 12.1 Å². The van der Waals surface area contributed by atoms with Crippen molar-refractivity contribution < 1.29 is 33.7 Å². The van der Waals surface area contributed by atoms with Crippen molar-refractivity contribution in [2.75, 3.05) is 11.1 Å². The first kappa shape index (κ1) is 36.1. The predicted octanol–water partition coefficient (Wildman–Crippen LogP) is 9.20. The first-order valence-corrected chi connectivity index (χ1v) is 18.3. The molecule has 1 fully saturated rings. The lowest BCUT2D eigenvalue weighted by atomic mass is 10.0. The molecule has 0 aliphatic carbocycles. The molecule has 1 aliphatic rings. The third-order valence-electron chi connectivity index (χ3n) is 8.69. The lowest BCUT2D eigenvalue weighted by Gasteiger charge is -2.36. The lowest BCUT2D eigenvalue weighted by molar-refractivity contribution is -0.245. The predicted molar refractivity (Wildman–Crippen MR) is 197 cm³/mol. The topological polar surface area (TPSA) is 131 Å². The molecule has 3 N–H and O–H groups in total. The highest BCUT2D eigenvalue weighted by Gasteiger charge is 2.33. The van der Waals surface area contributed by atoms with Gasteiger partial charge >= 0.3 is 5.97 Å². The summed E-state index contributed by atoms with van der Waals surface area (Å²) in [5, 5.41) is 21.9. The minimum absolute atomic E-state index is 0.0356. The molecular weight excluding hydrogens is 665 g/mol. The third-order valence-corrected chi connectivity index (χ3v) is 9.65. The second kappa shape index (κ2) is 18.0. The zero-order valence-corrected chi connectivity index (χ0v) is 29.1. The number of aliphatic hydroxyl groups is 1. The number of oxazole rings is 1. The van der Waals surface area contributed by atoms with Crippen LogP contribution in [0.2, 0.25) is 0 Å². The van der Waals surface area contributed by atoms with Crippen LogP contribution in [0.15, 0.2) is 119 Å². The number of aliphatic hydroxyl groups excluding tert-OH is 1. The Morgan fingerprint density at radius 3 is 2.20 bits per heavy atom. The van der Waals surface area contributed by atoms with Crippen molar-refractivity contribution in [1.82, 2.24) is 4.98 Å². The molecule has 0 spiro atoms. The first-order valence-electron chi connectivity index (χ1n) is 17.3. The fourth-order valence-electron chi connectivity index (χ4n) is 6.03. The number of carboxylic acids is 1. The zero-order chi connectivity index (χ0) is 35.4. The number of carboxylic acid groups (broad SMARTS) is 1. The minimum Gasteiger partial charge on any atom is -0.481 e. The minimum atomic E-state index is -0.793. The number of aromatic nitrogens is 1. The first-order chi connectivity index (χ1) is 24.9. The molecule has 2 heterocycles. The van der Waals surface area contributed by atoms with E-state index < -0.39 is 12.3 Å². The van der Waals surface area contributed by atoms with E-state index >= 15 is 0 Å². The number of benzene rings is 4. The van der Waals surface area contributed by atoms with E-state index in [2.05, 4.69) is 5.32 Å². The molecule has 1 aromatic heterocycles. The molecule has 3 unspecified atom stereocenters. The van der Waals surface area contributed by atoms with Crippen molar-refractivity contribution in [1.29, 1.82) is 0 Å². The van der Waals surface area contributed by atoms with Gasteiger partial charge in [0.25, 0.3) is 5.22 Å². The van der Waals surface area contributed by atoms with Crippen molar-refractivity contribution in [3.63, 3.8) is 0 Å². The Kier molecular flexibility index (Phi) is 12.7. The number of carbonyl (C=O) groups is 2. The number of rotatable bonds is 16. The Labute approximate surface area is 302 Å². The summed E-state index contributed by atoms with van der Waals surface area (Å²) in [5.74, 6) is 0.396. The summed E-state index contributed by atoms with van der Waals surface area (Å²) in [4.78, 5) is 28.3. The number of nitrogens with one attached hydrogen (secondary N) is 1. The molecule has 10 heteroatoms. The molecule has 0 saturated carbocycles. The normalized spacial score (nSPS) is 17.2.